The predicted octanol–water partition coefficient (Wildman–Crippen LogP) is 2.72. The fourth-order valence-electron chi connectivity index (χ4n) is 3.17. The third-order valence-electron chi connectivity index (χ3n) is 4.37. The normalized spacial score (nSPS) is 19.3. The minimum Gasteiger partial charge on any atom is -0.345 e. The summed E-state index contributed by atoms with van der Waals surface area (Å²) >= 11 is 0. The van der Waals surface area contributed by atoms with E-state index >= 15 is 0 Å². The zero-order valence-electron chi connectivity index (χ0n) is 13.4. The average Bonchev–Trinajstić information content (AvgIpc) is 2.93. The summed E-state index contributed by atoms with van der Waals surface area (Å²) in [6.07, 6.45) is 0.840. The number of sulfone groups is 1. The van der Waals surface area contributed by atoms with Crippen LogP contribution in [-0.4, -0.2) is 25.8 Å². The molecule has 1 N–H and O–H groups in total. The van der Waals surface area contributed by atoms with E-state index in [4.69, 9.17) is 0 Å². The molecule has 3 rings (SSSR count). The Kier molecular flexibility index (Phi) is 5.00. The molecular weight excluding hydrogens is 322 g/mol. The number of hydrogen-bond donors (Lipinski definition) is 1. The molecule has 1 saturated heterocycles. The van der Waals surface area contributed by atoms with Gasteiger partial charge in [0.2, 0.25) is 5.91 Å². The Morgan fingerprint density at radius 3 is 2.00 bits per heavy atom. The Morgan fingerprint density at radius 1 is 1.00 bits per heavy atom. The monoisotopic (exact) mass is 343 g/mol. The van der Waals surface area contributed by atoms with Crippen LogP contribution in [0.3, 0.4) is 0 Å². The fraction of sp³-hybridized carbons (Fsp3) is 0.316. The summed E-state index contributed by atoms with van der Waals surface area (Å²) < 4.78 is 23.1. The summed E-state index contributed by atoms with van der Waals surface area (Å²) in [5.74, 6) is 0.157. The lowest BCUT2D eigenvalue weighted by Gasteiger charge is -2.20. The van der Waals surface area contributed by atoms with E-state index in [-0.39, 0.29) is 35.8 Å². The first-order valence-corrected chi connectivity index (χ1v) is 9.95. The van der Waals surface area contributed by atoms with Gasteiger partial charge < -0.3 is 5.32 Å². The molecule has 0 radical (unpaired) electrons. The third kappa shape index (κ3) is 4.23. The number of nitrogens with one attached hydrogen (secondary N) is 1. The van der Waals surface area contributed by atoms with Crippen LogP contribution in [0.25, 0.3) is 0 Å². The summed E-state index contributed by atoms with van der Waals surface area (Å²) in [5.41, 5.74) is 2.02. The first-order chi connectivity index (χ1) is 11.5. The maximum Gasteiger partial charge on any atom is 0.221 e. The first kappa shape index (κ1) is 16.7. The van der Waals surface area contributed by atoms with Gasteiger partial charge in [-0.3, -0.25) is 4.79 Å². The van der Waals surface area contributed by atoms with Crippen LogP contribution in [0.5, 0.6) is 0 Å². The van der Waals surface area contributed by atoms with Gasteiger partial charge in [0, 0.05) is 6.42 Å². The van der Waals surface area contributed by atoms with E-state index in [1.807, 2.05) is 60.7 Å². The number of rotatable bonds is 5. The largest absolute Gasteiger partial charge is 0.345 e. The van der Waals surface area contributed by atoms with Crippen molar-refractivity contribution in [3.8, 4) is 0 Å². The Balaban J connectivity index is 1.74. The van der Waals surface area contributed by atoms with E-state index in [1.165, 1.54) is 0 Å². The molecule has 0 unspecified atom stereocenters. The van der Waals surface area contributed by atoms with Crippen LogP contribution in [0, 0.1) is 5.92 Å². The standard InChI is InChI=1S/C19H21NO3S/c21-18(13-15-11-12-24(22,23)14-15)20-19(16-7-3-1-4-8-16)17-9-5-2-6-10-17/h1-10,15,19H,11-14H2,(H,20,21)/t15-/m0/s1. The maximum atomic E-state index is 12.5. The molecule has 24 heavy (non-hydrogen) atoms. The highest BCUT2D eigenvalue weighted by Crippen LogP contribution is 2.24. The van der Waals surface area contributed by atoms with Gasteiger partial charge in [0.25, 0.3) is 0 Å². The Hall–Kier alpha value is -2.14. The average molecular weight is 343 g/mol. The highest BCUT2D eigenvalue weighted by molar-refractivity contribution is 7.91. The molecule has 1 heterocycles. The van der Waals surface area contributed by atoms with E-state index in [0.29, 0.717) is 6.42 Å². The molecular formula is C19H21NO3S. The van der Waals surface area contributed by atoms with Gasteiger partial charge in [0.05, 0.1) is 17.5 Å². The molecule has 1 aliphatic heterocycles. The number of amides is 1. The first-order valence-electron chi connectivity index (χ1n) is 8.13. The molecule has 0 aromatic heterocycles. The third-order valence-corrected chi connectivity index (χ3v) is 6.21. The summed E-state index contributed by atoms with van der Waals surface area (Å²) in [5, 5.41) is 3.07. The zero-order valence-corrected chi connectivity index (χ0v) is 14.2. The van der Waals surface area contributed by atoms with E-state index in [0.717, 1.165) is 11.1 Å². The fourth-order valence-corrected chi connectivity index (χ4v) is 5.03. The predicted molar refractivity (Wildman–Crippen MR) is 94.2 cm³/mol. The van der Waals surface area contributed by atoms with Crippen molar-refractivity contribution in [2.75, 3.05) is 11.5 Å². The molecule has 1 fully saturated rings. The Morgan fingerprint density at radius 2 is 1.54 bits per heavy atom. The minimum absolute atomic E-state index is 0.0674. The number of benzene rings is 2. The highest BCUT2D eigenvalue weighted by atomic mass is 32.2. The Labute approximate surface area is 142 Å². The van der Waals surface area contributed by atoms with Crippen molar-refractivity contribution in [3.05, 3.63) is 71.8 Å². The molecule has 1 aliphatic rings. The minimum atomic E-state index is -2.95. The lowest BCUT2D eigenvalue weighted by atomic mass is 9.97. The van der Waals surface area contributed by atoms with E-state index in [9.17, 15) is 13.2 Å². The van der Waals surface area contributed by atoms with E-state index in [2.05, 4.69) is 5.32 Å². The lowest BCUT2D eigenvalue weighted by molar-refractivity contribution is -0.122. The second-order valence-corrected chi connectivity index (χ2v) is 8.52. The van der Waals surface area contributed by atoms with E-state index < -0.39 is 9.84 Å². The SMILES string of the molecule is O=C(C[C@@H]1CCS(=O)(=O)C1)NC(c1ccccc1)c1ccccc1. The summed E-state index contributed by atoms with van der Waals surface area (Å²) in [6.45, 7) is 0. The van der Waals surface area contributed by atoms with Gasteiger partial charge in [-0.05, 0) is 23.5 Å². The molecule has 0 spiro atoms. The quantitative estimate of drug-likeness (QED) is 0.908. The summed E-state index contributed by atoms with van der Waals surface area (Å²) in [6, 6.07) is 19.4. The van der Waals surface area contributed by atoms with Gasteiger partial charge in [-0.25, -0.2) is 8.42 Å². The van der Waals surface area contributed by atoms with Gasteiger partial charge in [-0.1, -0.05) is 60.7 Å². The summed E-state index contributed by atoms with van der Waals surface area (Å²) in [7, 11) is -2.95. The van der Waals surface area contributed by atoms with Gasteiger partial charge in [0.15, 0.2) is 9.84 Å². The Bertz CT molecular complexity index is 748. The number of carbonyl (C=O) groups excluding carboxylic acids is 1. The smallest absolute Gasteiger partial charge is 0.221 e. The number of hydrogen-bond acceptors (Lipinski definition) is 3. The highest BCUT2D eigenvalue weighted by Gasteiger charge is 2.30. The summed E-state index contributed by atoms with van der Waals surface area (Å²) in [4.78, 5) is 12.5. The van der Waals surface area contributed by atoms with Crippen LogP contribution >= 0.6 is 0 Å². The van der Waals surface area contributed by atoms with Gasteiger partial charge in [-0.15, -0.1) is 0 Å². The van der Waals surface area contributed by atoms with Crippen molar-refractivity contribution < 1.29 is 13.2 Å². The van der Waals surface area contributed by atoms with Gasteiger partial charge >= 0.3 is 0 Å². The molecule has 0 bridgehead atoms. The molecule has 126 valence electrons. The molecule has 2 aromatic carbocycles. The van der Waals surface area contributed by atoms with Crippen LogP contribution in [0.15, 0.2) is 60.7 Å². The van der Waals surface area contributed by atoms with Gasteiger partial charge in [-0.2, -0.15) is 0 Å². The van der Waals surface area contributed by atoms with Crippen molar-refractivity contribution in [3.63, 3.8) is 0 Å². The molecule has 0 saturated carbocycles. The van der Waals surface area contributed by atoms with Crippen LogP contribution in [0.2, 0.25) is 0 Å². The molecule has 0 aliphatic carbocycles. The van der Waals surface area contributed by atoms with Gasteiger partial charge in [0.1, 0.15) is 0 Å². The molecule has 2 aromatic rings. The lowest BCUT2D eigenvalue weighted by Crippen LogP contribution is -2.31. The van der Waals surface area contributed by atoms with Crippen LogP contribution in [0.1, 0.15) is 30.0 Å². The second kappa shape index (κ2) is 7.18. The molecule has 1 amide bonds. The van der Waals surface area contributed by atoms with E-state index in [1.54, 1.807) is 0 Å². The van der Waals surface area contributed by atoms with Crippen molar-refractivity contribution in [1.29, 1.82) is 0 Å². The number of carbonyl (C=O) groups is 1. The van der Waals surface area contributed by atoms with Crippen LogP contribution < -0.4 is 5.32 Å². The second-order valence-electron chi connectivity index (χ2n) is 6.30. The molecule has 4 nitrogen and oxygen atoms in total. The maximum absolute atomic E-state index is 12.5. The van der Waals surface area contributed by atoms with Crippen molar-refractivity contribution >= 4 is 15.7 Å². The van der Waals surface area contributed by atoms with Crippen LogP contribution in [0.4, 0.5) is 0 Å². The topological polar surface area (TPSA) is 63.2 Å². The molecule has 5 heteroatoms. The van der Waals surface area contributed by atoms with Crippen molar-refractivity contribution in [2.45, 2.75) is 18.9 Å². The van der Waals surface area contributed by atoms with Crippen molar-refractivity contribution in [2.24, 2.45) is 5.92 Å². The zero-order chi connectivity index (χ0) is 17.0. The van der Waals surface area contributed by atoms with Crippen molar-refractivity contribution in [1.82, 2.24) is 5.32 Å². The molecule has 1 atom stereocenters. The van der Waals surface area contributed by atoms with Crippen LogP contribution in [-0.2, 0) is 14.6 Å².